The number of nitrogens with one attached hydrogen (secondary N) is 1. The second kappa shape index (κ2) is 4.86. The number of aromatic amines is 1. The molecule has 0 aliphatic heterocycles. The van der Waals surface area contributed by atoms with E-state index in [-0.39, 0.29) is 5.02 Å². The van der Waals surface area contributed by atoms with Crippen molar-refractivity contribution >= 4 is 23.8 Å². The highest BCUT2D eigenvalue weighted by Crippen LogP contribution is 2.32. The first-order valence-electron chi connectivity index (χ1n) is 5.01. The van der Waals surface area contributed by atoms with Crippen molar-refractivity contribution in [3.8, 4) is 0 Å². The average Bonchev–Trinajstić information content (AvgIpc) is 2.79. The second-order valence-corrected chi connectivity index (χ2v) is 3.97. The lowest BCUT2D eigenvalue weighted by atomic mass is 10.1. The molecule has 0 aliphatic carbocycles. The van der Waals surface area contributed by atoms with Gasteiger partial charge in [0.25, 0.3) is 0 Å². The number of hydrogen-bond acceptors (Lipinski definition) is 1. The number of benzene rings is 1. The fourth-order valence-electron chi connectivity index (χ4n) is 1.38. The zero-order chi connectivity index (χ0) is 13.2. The van der Waals surface area contributed by atoms with Gasteiger partial charge >= 0.3 is 6.18 Å². The SMILES string of the molecule is FC(F)(F)c1ccc(/C=C\c2cc[nH]n2)c(Cl)c1. The van der Waals surface area contributed by atoms with Gasteiger partial charge in [0.05, 0.1) is 11.3 Å². The van der Waals surface area contributed by atoms with Crippen LogP contribution in [-0.2, 0) is 6.18 Å². The lowest BCUT2D eigenvalue weighted by molar-refractivity contribution is -0.137. The van der Waals surface area contributed by atoms with Gasteiger partial charge in [0, 0.05) is 11.2 Å². The first-order chi connectivity index (χ1) is 8.47. The third-order valence-corrected chi connectivity index (χ3v) is 2.61. The molecule has 2 rings (SSSR count). The third-order valence-electron chi connectivity index (χ3n) is 2.28. The summed E-state index contributed by atoms with van der Waals surface area (Å²) in [5.74, 6) is 0. The molecule has 2 nitrogen and oxygen atoms in total. The van der Waals surface area contributed by atoms with Crippen molar-refractivity contribution in [3.05, 3.63) is 52.3 Å². The highest BCUT2D eigenvalue weighted by Gasteiger charge is 2.30. The standard InChI is InChI=1S/C12H8ClF3N2/c13-11-7-9(12(14,15)16)3-1-8(11)2-4-10-5-6-17-18-10/h1-7H,(H,17,18)/b4-2-. The van der Waals surface area contributed by atoms with Gasteiger partial charge in [-0.3, -0.25) is 5.10 Å². The van der Waals surface area contributed by atoms with Crippen LogP contribution in [0.25, 0.3) is 12.2 Å². The highest BCUT2D eigenvalue weighted by atomic mass is 35.5. The molecule has 0 unspecified atom stereocenters. The lowest BCUT2D eigenvalue weighted by Crippen LogP contribution is -2.04. The maximum absolute atomic E-state index is 12.4. The van der Waals surface area contributed by atoms with Crippen LogP contribution in [0.2, 0.25) is 5.02 Å². The molecule has 2 aromatic rings. The van der Waals surface area contributed by atoms with E-state index in [1.54, 1.807) is 24.4 Å². The Morgan fingerprint density at radius 1 is 1.17 bits per heavy atom. The first-order valence-corrected chi connectivity index (χ1v) is 5.39. The van der Waals surface area contributed by atoms with E-state index in [1.165, 1.54) is 6.07 Å². The van der Waals surface area contributed by atoms with E-state index in [0.29, 0.717) is 11.3 Å². The summed E-state index contributed by atoms with van der Waals surface area (Å²) < 4.78 is 37.3. The van der Waals surface area contributed by atoms with Crippen molar-refractivity contribution in [2.24, 2.45) is 0 Å². The Hall–Kier alpha value is -1.75. The zero-order valence-electron chi connectivity index (χ0n) is 9.00. The zero-order valence-corrected chi connectivity index (χ0v) is 9.76. The molecule has 18 heavy (non-hydrogen) atoms. The molecule has 0 aliphatic rings. The van der Waals surface area contributed by atoms with Gasteiger partial charge in [-0.15, -0.1) is 0 Å². The van der Waals surface area contributed by atoms with Crippen molar-refractivity contribution in [3.63, 3.8) is 0 Å². The second-order valence-electron chi connectivity index (χ2n) is 3.57. The molecule has 0 amide bonds. The summed E-state index contributed by atoms with van der Waals surface area (Å²) >= 11 is 5.80. The smallest absolute Gasteiger partial charge is 0.285 e. The van der Waals surface area contributed by atoms with Crippen LogP contribution in [-0.4, -0.2) is 10.2 Å². The monoisotopic (exact) mass is 272 g/mol. The Bertz CT molecular complexity index is 559. The van der Waals surface area contributed by atoms with Crippen molar-refractivity contribution in [1.29, 1.82) is 0 Å². The molecule has 0 spiro atoms. The Labute approximate surface area is 106 Å². The predicted molar refractivity (Wildman–Crippen MR) is 64.0 cm³/mol. The third kappa shape index (κ3) is 2.92. The molecule has 1 heterocycles. The average molecular weight is 273 g/mol. The summed E-state index contributed by atoms with van der Waals surface area (Å²) in [6.07, 6.45) is 0.533. The van der Waals surface area contributed by atoms with Gasteiger partial charge in [-0.25, -0.2) is 0 Å². The van der Waals surface area contributed by atoms with E-state index in [0.717, 1.165) is 12.1 Å². The van der Waals surface area contributed by atoms with E-state index in [9.17, 15) is 13.2 Å². The molecule has 0 radical (unpaired) electrons. The molecule has 6 heteroatoms. The molecule has 0 bridgehead atoms. The molecule has 1 aromatic heterocycles. The Kier molecular flexibility index (Phi) is 3.43. The van der Waals surface area contributed by atoms with Crippen LogP contribution in [0, 0.1) is 0 Å². The van der Waals surface area contributed by atoms with E-state index >= 15 is 0 Å². The quantitative estimate of drug-likeness (QED) is 0.870. The molecule has 94 valence electrons. The molecular weight excluding hydrogens is 265 g/mol. The van der Waals surface area contributed by atoms with Crippen LogP contribution in [0.1, 0.15) is 16.8 Å². The van der Waals surface area contributed by atoms with Gasteiger partial charge < -0.3 is 0 Å². The van der Waals surface area contributed by atoms with Gasteiger partial charge in [-0.2, -0.15) is 18.3 Å². The van der Waals surface area contributed by atoms with E-state index in [1.807, 2.05) is 0 Å². The highest BCUT2D eigenvalue weighted by molar-refractivity contribution is 6.32. The summed E-state index contributed by atoms with van der Waals surface area (Å²) in [6.45, 7) is 0. The summed E-state index contributed by atoms with van der Waals surface area (Å²) in [7, 11) is 0. The maximum atomic E-state index is 12.4. The molecular formula is C12H8ClF3N2. The molecule has 0 saturated carbocycles. The van der Waals surface area contributed by atoms with Crippen LogP contribution in [0.15, 0.2) is 30.5 Å². The summed E-state index contributed by atoms with van der Waals surface area (Å²) in [6, 6.07) is 4.96. The molecule has 0 atom stereocenters. The normalized spacial score (nSPS) is 12.2. The van der Waals surface area contributed by atoms with Crippen LogP contribution >= 0.6 is 11.6 Å². The van der Waals surface area contributed by atoms with E-state index in [2.05, 4.69) is 10.2 Å². The first kappa shape index (κ1) is 12.7. The van der Waals surface area contributed by atoms with Gasteiger partial charge in [0.1, 0.15) is 0 Å². The lowest BCUT2D eigenvalue weighted by Gasteiger charge is -2.07. The molecule has 0 fully saturated rings. The number of alkyl halides is 3. The Morgan fingerprint density at radius 2 is 1.94 bits per heavy atom. The minimum atomic E-state index is -4.38. The number of halogens is 4. The van der Waals surface area contributed by atoms with Crippen LogP contribution < -0.4 is 0 Å². The predicted octanol–water partition coefficient (Wildman–Crippen LogP) is 4.25. The Morgan fingerprint density at radius 3 is 2.50 bits per heavy atom. The summed E-state index contributed by atoms with van der Waals surface area (Å²) in [4.78, 5) is 0. The molecule has 0 saturated heterocycles. The van der Waals surface area contributed by atoms with Gasteiger partial charge in [0.15, 0.2) is 0 Å². The molecule has 1 N–H and O–H groups in total. The van der Waals surface area contributed by atoms with Gasteiger partial charge in [0.2, 0.25) is 0 Å². The van der Waals surface area contributed by atoms with Crippen molar-refractivity contribution in [1.82, 2.24) is 10.2 Å². The summed E-state index contributed by atoms with van der Waals surface area (Å²) in [5.41, 5.74) is 0.419. The van der Waals surface area contributed by atoms with Crippen molar-refractivity contribution in [2.45, 2.75) is 6.18 Å². The number of nitrogens with zero attached hydrogens (tertiary/aromatic N) is 1. The number of hydrogen-bond donors (Lipinski definition) is 1. The largest absolute Gasteiger partial charge is 0.416 e. The van der Waals surface area contributed by atoms with Crippen LogP contribution in [0.3, 0.4) is 0 Å². The summed E-state index contributed by atoms with van der Waals surface area (Å²) in [5, 5.41) is 6.56. The Balaban J connectivity index is 2.26. The van der Waals surface area contributed by atoms with Crippen LogP contribution in [0.5, 0.6) is 0 Å². The van der Waals surface area contributed by atoms with Gasteiger partial charge in [-0.1, -0.05) is 23.7 Å². The number of aromatic nitrogens is 2. The van der Waals surface area contributed by atoms with Crippen LogP contribution in [0.4, 0.5) is 13.2 Å². The minimum Gasteiger partial charge on any atom is -0.285 e. The van der Waals surface area contributed by atoms with E-state index < -0.39 is 11.7 Å². The minimum absolute atomic E-state index is 0.0524. The maximum Gasteiger partial charge on any atom is 0.416 e. The van der Waals surface area contributed by atoms with E-state index in [4.69, 9.17) is 11.6 Å². The topological polar surface area (TPSA) is 28.7 Å². The number of rotatable bonds is 2. The fraction of sp³-hybridized carbons (Fsp3) is 0.0833. The number of H-pyrrole nitrogens is 1. The fourth-order valence-corrected chi connectivity index (χ4v) is 1.62. The van der Waals surface area contributed by atoms with Gasteiger partial charge in [-0.05, 0) is 29.8 Å². The van der Waals surface area contributed by atoms with Crippen molar-refractivity contribution < 1.29 is 13.2 Å². The molecule has 1 aromatic carbocycles. The van der Waals surface area contributed by atoms with Crippen molar-refractivity contribution in [2.75, 3.05) is 0 Å².